The van der Waals surface area contributed by atoms with Crippen molar-refractivity contribution in [3.8, 4) is 28.7 Å². The average molecular weight is 566 g/mol. The molecule has 1 aliphatic carbocycles. The summed E-state index contributed by atoms with van der Waals surface area (Å²) in [6, 6.07) is 3.04. The first kappa shape index (κ1) is 27.4. The Bertz CT molecular complexity index is 1440. The summed E-state index contributed by atoms with van der Waals surface area (Å²) < 4.78 is 52.3. The average Bonchev–Trinajstić information content (AvgIpc) is 3.53. The Kier molecular flexibility index (Phi) is 8.21. The van der Waals surface area contributed by atoms with Crippen LogP contribution in [0.15, 0.2) is 21.8 Å². The van der Waals surface area contributed by atoms with Gasteiger partial charge in [-0.15, -0.1) is 16.4 Å². The molecule has 0 fully saturated rings. The monoisotopic (exact) mass is 565 g/mol. The van der Waals surface area contributed by atoms with Gasteiger partial charge in [0, 0.05) is 10.4 Å². The number of hydrogen-bond acceptors (Lipinski definition) is 12. The summed E-state index contributed by atoms with van der Waals surface area (Å²) in [6.45, 7) is 1.87. The summed E-state index contributed by atoms with van der Waals surface area (Å²) in [5, 5.41) is 9.57. The van der Waals surface area contributed by atoms with E-state index < -0.39 is 32.7 Å². The number of methoxy groups -OCH3 is 3. The van der Waals surface area contributed by atoms with Crippen molar-refractivity contribution in [3.63, 3.8) is 0 Å². The van der Waals surface area contributed by atoms with Gasteiger partial charge in [-0.2, -0.15) is 0 Å². The molecule has 0 atom stereocenters. The van der Waals surface area contributed by atoms with Gasteiger partial charge in [0.15, 0.2) is 11.5 Å². The maximum atomic E-state index is 12.9. The van der Waals surface area contributed by atoms with Crippen LogP contribution in [0.25, 0.3) is 11.5 Å². The summed E-state index contributed by atoms with van der Waals surface area (Å²) in [6.07, 6.45) is 3.37. The maximum absolute atomic E-state index is 12.9. The molecule has 38 heavy (non-hydrogen) atoms. The zero-order valence-corrected chi connectivity index (χ0v) is 22.9. The molecule has 204 valence electrons. The molecule has 1 aromatic carbocycles. The molecule has 1 aliphatic rings. The summed E-state index contributed by atoms with van der Waals surface area (Å²) in [4.78, 5) is 26.4. The number of nitrogens with one attached hydrogen (secondary N) is 1. The van der Waals surface area contributed by atoms with Crippen LogP contribution in [0.4, 0.5) is 5.00 Å². The number of anilines is 1. The molecule has 14 heteroatoms. The van der Waals surface area contributed by atoms with Crippen LogP contribution < -0.4 is 19.5 Å². The number of aromatic nitrogens is 2. The standard InChI is InChI=1S/C24H27N3O9S2/c1-5-35-23(29)19-14-8-6-7-9-17(14)37-22(19)25-18(28)12-38(30,31)24-27-26-21(36-24)13-10-15(32-2)20(34-4)16(11-13)33-3/h10-11H,5-9,12H2,1-4H3,(H,25,28). The number of hydrogen-bond donors (Lipinski definition) is 1. The van der Waals surface area contributed by atoms with Crippen LogP contribution >= 0.6 is 11.3 Å². The number of ether oxygens (including phenoxy) is 4. The SMILES string of the molecule is CCOC(=O)c1c(NC(=O)CS(=O)(=O)c2nnc(-c3cc(OC)c(OC)c(OC)c3)o2)sc2c1CCCC2. The van der Waals surface area contributed by atoms with Gasteiger partial charge in [-0.05, 0) is 50.3 Å². The lowest BCUT2D eigenvalue weighted by Crippen LogP contribution is -2.24. The molecule has 4 rings (SSSR count). The normalized spacial score (nSPS) is 12.9. The fraction of sp³-hybridized carbons (Fsp3) is 0.417. The van der Waals surface area contributed by atoms with Crippen LogP contribution in [-0.2, 0) is 32.2 Å². The van der Waals surface area contributed by atoms with Crippen LogP contribution in [0.1, 0.15) is 40.6 Å². The van der Waals surface area contributed by atoms with Gasteiger partial charge in [-0.1, -0.05) is 5.10 Å². The van der Waals surface area contributed by atoms with E-state index in [4.69, 9.17) is 23.4 Å². The molecule has 12 nitrogen and oxygen atoms in total. The largest absolute Gasteiger partial charge is 0.493 e. The number of benzene rings is 1. The molecular weight excluding hydrogens is 538 g/mol. The molecule has 0 bridgehead atoms. The number of thiophene rings is 1. The van der Waals surface area contributed by atoms with Gasteiger partial charge >= 0.3 is 11.2 Å². The molecule has 0 aliphatic heterocycles. The minimum absolute atomic E-state index is 0.126. The zero-order valence-electron chi connectivity index (χ0n) is 21.3. The summed E-state index contributed by atoms with van der Waals surface area (Å²) in [5.41, 5.74) is 1.46. The van der Waals surface area contributed by atoms with Crippen molar-refractivity contribution in [2.45, 2.75) is 37.8 Å². The van der Waals surface area contributed by atoms with E-state index in [2.05, 4.69) is 15.5 Å². The lowest BCUT2D eigenvalue weighted by atomic mass is 9.95. The Morgan fingerprint density at radius 2 is 1.74 bits per heavy atom. The van der Waals surface area contributed by atoms with Gasteiger partial charge in [0.1, 0.15) is 10.8 Å². The van der Waals surface area contributed by atoms with E-state index in [1.54, 1.807) is 6.92 Å². The molecule has 1 amide bonds. The number of nitrogens with zero attached hydrogens (tertiary/aromatic N) is 2. The second-order valence-corrected chi connectivity index (χ2v) is 11.2. The Labute approximate surface area is 223 Å². The maximum Gasteiger partial charge on any atom is 0.341 e. The fourth-order valence-corrected chi connectivity index (χ4v) is 6.33. The van der Waals surface area contributed by atoms with E-state index in [1.807, 2.05) is 0 Å². The van der Waals surface area contributed by atoms with Gasteiger partial charge in [-0.3, -0.25) is 4.79 Å². The topological polar surface area (TPSA) is 156 Å². The molecule has 0 saturated carbocycles. The number of amides is 1. The Morgan fingerprint density at radius 1 is 1.05 bits per heavy atom. The number of carbonyl (C=O) groups excluding carboxylic acids is 2. The number of esters is 1. The number of rotatable bonds is 10. The van der Waals surface area contributed by atoms with E-state index in [-0.39, 0.29) is 17.5 Å². The highest BCUT2D eigenvalue weighted by Crippen LogP contribution is 2.41. The van der Waals surface area contributed by atoms with E-state index in [1.165, 1.54) is 44.8 Å². The second kappa shape index (κ2) is 11.4. The molecular formula is C24H27N3O9S2. The minimum Gasteiger partial charge on any atom is -0.493 e. The molecule has 2 heterocycles. The number of carbonyl (C=O) groups is 2. The zero-order chi connectivity index (χ0) is 27.4. The van der Waals surface area contributed by atoms with Crippen LogP contribution in [-0.4, -0.2) is 64.2 Å². The summed E-state index contributed by atoms with van der Waals surface area (Å²) in [5.74, 6) is -1.54. The third-order valence-corrected chi connectivity index (χ3v) is 8.36. The summed E-state index contributed by atoms with van der Waals surface area (Å²) in [7, 11) is 0.00314. The van der Waals surface area contributed by atoms with Crippen LogP contribution in [0, 0.1) is 0 Å². The van der Waals surface area contributed by atoms with E-state index >= 15 is 0 Å². The first-order chi connectivity index (χ1) is 18.2. The van der Waals surface area contributed by atoms with Gasteiger partial charge in [0.25, 0.3) is 0 Å². The minimum atomic E-state index is -4.31. The molecule has 2 aromatic heterocycles. The van der Waals surface area contributed by atoms with E-state index in [0.717, 1.165) is 29.7 Å². The molecule has 0 radical (unpaired) electrons. The molecule has 1 N–H and O–H groups in total. The highest BCUT2D eigenvalue weighted by Gasteiger charge is 2.31. The second-order valence-electron chi connectivity index (χ2n) is 8.23. The Hall–Kier alpha value is -3.65. The van der Waals surface area contributed by atoms with Gasteiger partial charge in [-0.25, -0.2) is 13.2 Å². The highest BCUT2D eigenvalue weighted by molar-refractivity contribution is 7.91. The van der Waals surface area contributed by atoms with Crippen molar-refractivity contribution in [3.05, 3.63) is 28.1 Å². The van der Waals surface area contributed by atoms with Crippen LogP contribution in [0.5, 0.6) is 17.2 Å². The third-order valence-electron chi connectivity index (χ3n) is 5.81. The van der Waals surface area contributed by atoms with Crippen molar-refractivity contribution in [2.24, 2.45) is 0 Å². The van der Waals surface area contributed by atoms with Crippen molar-refractivity contribution in [1.29, 1.82) is 0 Å². The van der Waals surface area contributed by atoms with Crippen LogP contribution in [0.3, 0.4) is 0 Å². The predicted molar refractivity (Wildman–Crippen MR) is 137 cm³/mol. The molecule has 0 saturated heterocycles. The quantitative estimate of drug-likeness (QED) is 0.360. The van der Waals surface area contributed by atoms with Crippen molar-refractivity contribution in [1.82, 2.24) is 10.2 Å². The van der Waals surface area contributed by atoms with E-state index in [9.17, 15) is 18.0 Å². The van der Waals surface area contributed by atoms with E-state index in [0.29, 0.717) is 34.8 Å². The van der Waals surface area contributed by atoms with Crippen molar-refractivity contribution < 1.29 is 41.4 Å². The molecule has 0 spiro atoms. The summed E-state index contributed by atoms with van der Waals surface area (Å²) >= 11 is 1.26. The van der Waals surface area contributed by atoms with Gasteiger partial charge < -0.3 is 28.7 Å². The van der Waals surface area contributed by atoms with Crippen molar-refractivity contribution >= 4 is 38.1 Å². The Morgan fingerprint density at radius 3 is 2.37 bits per heavy atom. The van der Waals surface area contributed by atoms with Crippen molar-refractivity contribution in [2.75, 3.05) is 39.0 Å². The lowest BCUT2D eigenvalue weighted by molar-refractivity contribution is -0.113. The number of sulfone groups is 1. The molecule has 0 unspecified atom stereocenters. The highest BCUT2D eigenvalue weighted by atomic mass is 32.2. The fourth-order valence-electron chi connectivity index (χ4n) is 4.13. The predicted octanol–water partition coefficient (Wildman–Crippen LogP) is 3.29. The molecule has 3 aromatic rings. The lowest BCUT2D eigenvalue weighted by Gasteiger charge is -2.12. The first-order valence-electron chi connectivity index (χ1n) is 11.7. The Balaban J connectivity index is 1.56. The first-order valence-corrected chi connectivity index (χ1v) is 14.2. The third kappa shape index (κ3) is 5.45. The van der Waals surface area contributed by atoms with Gasteiger partial charge in [0.05, 0.1) is 33.5 Å². The number of fused-ring (bicyclic) bond motifs is 1. The van der Waals surface area contributed by atoms with Crippen LogP contribution in [0.2, 0.25) is 0 Å². The smallest absolute Gasteiger partial charge is 0.341 e. The number of aryl methyl sites for hydroxylation is 1. The van der Waals surface area contributed by atoms with Gasteiger partial charge in [0.2, 0.25) is 27.4 Å².